The molecule has 0 radical (unpaired) electrons. The first-order valence-corrected chi connectivity index (χ1v) is 6.30. The van der Waals surface area contributed by atoms with Gasteiger partial charge in [0.15, 0.2) is 5.82 Å². The molecule has 0 atom stereocenters. The third kappa shape index (κ3) is 2.81. The minimum Gasteiger partial charge on any atom is -0.489 e. The maximum atomic E-state index is 11.5. The standard InChI is InChI=1S/C12H20N4O2/c1-13-8-3-5-9(6-4-8)16-11-10(18-2)12(17)15-7-14-11/h7-9,13H,3-6H2,1-2H3,(H2,14,15,16,17). The number of nitrogens with zero attached hydrogens (tertiary/aromatic N) is 1. The lowest BCUT2D eigenvalue weighted by molar-refractivity contribution is 0.368. The Balaban J connectivity index is 2.02. The molecule has 0 aromatic carbocycles. The van der Waals surface area contributed by atoms with Gasteiger partial charge in [-0.15, -0.1) is 0 Å². The average molecular weight is 252 g/mol. The van der Waals surface area contributed by atoms with Crippen LogP contribution in [-0.4, -0.2) is 36.2 Å². The van der Waals surface area contributed by atoms with Crippen LogP contribution in [0.4, 0.5) is 5.82 Å². The van der Waals surface area contributed by atoms with E-state index >= 15 is 0 Å². The molecule has 0 bridgehead atoms. The number of aromatic amines is 1. The van der Waals surface area contributed by atoms with Crippen LogP contribution in [0.25, 0.3) is 0 Å². The molecule has 1 saturated carbocycles. The molecule has 3 N–H and O–H groups in total. The normalized spacial score (nSPS) is 23.7. The molecule has 18 heavy (non-hydrogen) atoms. The van der Waals surface area contributed by atoms with Crippen LogP contribution in [0.1, 0.15) is 25.7 Å². The molecule has 1 aromatic heterocycles. The van der Waals surface area contributed by atoms with E-state index in [1.54, 1.807) is 0 Å². The summed E-state index contributed by atoms with van der Waals surface area (Å²) in [6.07, 6.45) is 5.82. The summed E-state index contributed by atoms with van der Waals surface area (Å²) in [4.78, 5) is 18.2. The number of rotatable bonds is 4. The predicted octanol–water partition coefficient (Wildman–Crippen LogP) is 0.721. The number of anilines is 1. The zero-order chi connectivity index (χ0) is 13.0. The van der Waals surface area contributed by atoms with Gasteiger partial charge < -0.3 is 20.4 Å². The van der Waals surface area contributed by atoms with E-state index in [0.29, 0.717) is 17.9 Å². The van der Waals surface area contributed by atoms with Gasteiger partial charge in [-0.3, -0.25) is 4.79 Å². The smallest absolute Gasteiger partial charge is 0.295 e. The summed E-state index contributed by atoms with van der Waals surface area (Å²) in [5, 5.41) is 6.60. The van der Waals surface area contributed by atoms with E-state index in [1.165, 1.54) is 13.4 Å². The topological polar surface area (TPSA) is 79.0 Å². The van der Waals surface area contributed by atoms with Crippen LogP contribution < -0.4 is 20.9 Å². The van der Waals surface area contributed by atoms with Crippen LogP contribution in [-0.2, 0) is 0 Å². The summed E-state index contributed by atoms with van der Waals surface area (Å²) in [5.41, 5.74) is -0.251. The third-order valence-corrected chi connectivity index (χ3v) is 3.49. The van der Waals surface area contributed by atoms with Gasteiger partial charge in [0.05, 0.1) is 13.4 Å². The van der Waals surface area contributed by atoms with Crippen molar-refractivity contribution >= 4 is 5.82 Å². The van der Waals surface area contributed by atoms with Gasteiger partial charge in [-0.05, 0) is 32.7 Å². The van der Waals surface area contributed by atoms with Crippen LogP contribution in [0, 0.1) is 0 Å². The fourth-order valence-corrected chi connectivity index (χ4v) is 2.40. The van der Waals surface area contributed by atoms with E-state index in [2.05, 4.69) is 20.6 Å². The minimum absolute atomic E-state index is 0.251. The van der Waals surface area contributed by atoms with Crippen molar-refractivity contribution in [3.8, 4) is 5.75 Å². The van der Waals surface area contributed by atoms with E-state index in [4.69, 9.17) is 4.74 Å². The maximum absolute atomic E-state index is 11.5. The molecular weight excluding hydrogens is 232 g/mol. The van der Waals surface area contributed by atoms with E-state index in [-0.39, 0.29) is 11.3 Å². The summed E-state index contributed by atoms with van der Waals surface area (Å²) >= 11 is 0. The predicted molar refractivity (Wildman–Crippen MR) is 70.1 cm³/mol. The third-order valence-electron chi connectivity index (χ3n) is 3.49. The lowest BCUT2D eigenvalue weighted by Gasteiger charge is -2.29. The highest BCUT2D eigenvalue weighted by molar-refractivity contribution is 5.48. The lowest BCUT2D eigenvalue weighted by Crippen LogP contribution is -2.35. The molecule has 0 aliphatic heterocycles. The van der Waals surface area contributed by atoms with Crippen molar-refractivity contribution in [3.05, 3.63) is 16.7 Å². The first-order valence-electron chi connectivity index (χ1n) is 6.30. The number of hydrogen-bond donors (Lipinski definition) is 3. The molecule has 0 spiro atoms. The second-order valence-electron chi connectivity index (χ2n) is 4.60. The highest BCUT2D eigenvalue weighted by Gasteiger charge is 2.21. The molecule has 1 aromatic rings. The van der Waals surface area contributed by atoms with Crippen LogP contribution in [0.5, 0.6) is 5.75 Å². The Morgan fingerprint density at radius 3 is 2.61 bits per heavy atom. The second-order valence-corrected chi connectivity index (χ2v) is 4.60. The van der Waals surface area contributed by atoms with Crippen molar-refractivity contribution in [1.29, 1.82) is 0 Å². The number of H-pyrrole nitrogens is 1. The molecule has 0 amide bonds. The van der Waals surface area contributed by atoms with Gasteiger partial charge in [0.25, 0.3) is 5.56 Å². The highest BCUT2D eigenvalue weighted by Crippen LogP contribution is 2.23. The van der Waals surface area contributed by atoms with E-state index in [1.807, 2.05) is 7.05 Å². The largest absolute Gasteiger partial charge is 0.489 e. The van der Waals surface area contributed by atoms with E-state index in [9.17, 15) is 4.79 Å². The molecule has 1 aliphatic carbocycles. The van der Waals surface area contributed by atoms with Crippen molar-refractivity contribution in [2.75, 3.05) is 19.5 Å². The molecule has 0 saturated heterocycles. The molecule has 1 heterocycles. The van der Waals surface area contributed by atoms with Gasteiger partial charge in [0.2, 0.25) is 5.75 Å². The summed E-state index contributed by atoms with van der Waals surface area (Å²) in [6.45, 7) is 0. The minimum atomic E-state index is -0.251. The van der Waals surface area contributed by atoms with E-state index in [0.717, 1.165) is 25.7 Å². The number of nitrogens with one attached hydrogen (secondary N) is 3. The summed E-state index contributed by atoms with van der Waals surface area (Å²) in [5.74, 6) is 0.794. The monoisotopic (exact) mass is 252 g/mol. The first-order chi connectivity index (χ1) is 8.74. The molecular formula is C12H20N4O2. The zero-order valence-corrected chi connectivity index (χ0v) is 10.8. The fourth-order valence-electron chi connectivity index (χ4n) is 2.40. The van der Waals surface area contributed by atoms with Crippen molar-refractivity contribution in [2.45, 2.75) is 37.8 Å². The van der Waals surface area contributed by atoms with Crippen LogP contribution in [0.15, 0.2) is 11.1 Å². The molecule has 2 rings (SSSR count). The van der Waals surface area contributed by atoms with Crippen LogP contribution >= 0.6 is 0 Å². The molecule has 100 valence electrons. The van der Waals surface area contributed by atoms with Crippen LogP contribution in [0.2, 0.25) is 0 Å². The fraction of sp³-hybridized carbons (Fsp3) is 0.667. The lowest BCUT2D eigenvalue weighted by atomic mass is 9.91. The van der Waals surface area contributed by atoms with Crippen molar-refractivity contribution in [2.24, 2.45) is 0 Å². The molecule has 6 nitrogen and oxygen atoms in total. The number of ether oxygens (including phenoxy) is 1. The SMILES string of the molecule is CNC1CCC(Nc2nc[nH]c(=O)c2OC)CC1. The molecule has 0 unspecified atom stereocenters. The van der Waals surface area contributed by atoms with Crippen molar-refractivity contribution in [3.63, 3.8) is 0 Å². The summed E-state index contributed by atoms with van der Waals surface area (Å²) in [6, 6.07) is 0.967. The Bertz CT molecular complexity index is 438. The molecule has 1 aliphatic rings. The van der Waals surface area contributed by atoms with E-state index < -0.39 is 0 Å². The highest BCUT2D eigenvalue weighted by atomic mass is 16.5. The number of methoxy groups -OCH3 is 1. The first kappa shape index (κ1) is 12.9. The summed E-state index contributed by atoms with van der Waals surface area (Å²) in [7, 11) is 3.48. The number of hydrogen-bond acceptors (Lipinski definition) is 5. The zero-order valence-electron chi connectivity index (χ0n) is 10.8. The van der Waals surface area contributed by atoms with Gasteiger partial charge in [-0.1, -0.05) is 0 Å². The quantitative estimate of drug-likeness (QED) is 0.736. The second kappa shape index (κ2) is 5.86. The van der Waals surface area contributed by atoms with Gasteiger partial charge in [-0.2, -0.15) is 0 Å². The maximum Gasteiger partial charge on any atom is 0.295 e. The Morgan fingerprint density at radius 1 is 1.33 bits per heavy atom. The molecule has 1 fully saturated rings. The van der Waals surface area contributed by atoms with Gasteiger partial charge in [0.1, 0.15) is 0 Å². The van der Waals surface area contributed by atoms with Crippen molar-refractivity contribution in [1.82, 2.24) is 15.3 Å². The van der Waals surface area contributed by atoms with Gasteiger partial charge in [-0.25, -0.2) is 4.98 Å². The van der Waals surface area contributed by atoms with Crippen molar-refractivity contribution < 1.29 is 4.74 Å². The number of aromatic nitrogens is 2. The Kier molecular flexibility index (Phi) is 4.19. The summed E-state index contributed by atoms with van der Waals surface area (Å²) < 4.78 is 5.08. The van der Waals surface area contributed by atoms with Crippen LogP contribution in [0.3, 0.4) is 0 Å². The average Bonchev–Trinajstić information content (AvgIpc) is 2.40. The van der Waals surface area contributed by atoms with Gasteiger partial charge in [0, 0.05) is 12.1 Å². The Labute approximate surface area is 106 Å². The Hall–Kier alpha value is -1.56. The molecule has 6 heteroatoms. The van der Waals surface area contributed by atoms with Gasteiger partial charge >= 0.3 is 0 Å². The Morgan fingerprint density at radius 2 is 2.00 bits per heavy atom.